The molecule has 0 N–H and O–H groups in total. The molecule has 1 saturated heterocycles. The molecule has 1 aromatic carbocycles. The van der Waals surface area contributed by atoms with Gasteiger partial charge < -0.3 is 9.64 Å². The van der Waals surface area contributed by atoms with Crippen molar-refractivity contribution in [3.8, 4) is 5.75 Å². The standard InChI is InChI=1S/C19H25BrN4O/c1-14-8-9-21-19(22-14)23(2)17-5-4-10-24(13-17)12-15-11-16(20)6-7-18(15)25-3/h6-9,11,17H,4-5,10,12-13H2,1-3H3. The fraction of sp³-hybridized carbons (Fsp3) is 0.474. The van der Waals surface area contributed by atoms with Crippen LogP contribution >= 0.6 is 15.9 Å². The molecular weight excluding hydrogens is 380 g/mol. The minimum atomic E-state index is 0.425. The van der Waals surface area contributed by atoms with Gasteiger partial charge in [0.05, 0.1) is 7.11 Å². The first kappa shape index (κ1) is 18.1. The van der Waals surface area contributed by atoms with Crippen LogP contribution in [0.1, 0.15) is 24.1 Å². The number of likely N-dealkylation sites (tertiary alicyclic amines) is 1. The summed E-state index contributed by atoms with van der Waals surface area (Å²) in [4.78, 5) is 13.7. The van der Waals surface area contributed by atoms with Crippen LogP contribution < -0.4 is 9.64 Å². The molecule has 0 amide bonds. The summed E-state index contributed by atoms with van der Waals surface area (Å²) in [6, 6.07) is 8.55. The van der Waals surface area contributed by atoms with Crippen LogP contribution in [0.25, 0.3) is 0 Å². The first-order valence-electron chi connectivity index (χ1n) is 8.64. The zero-order valence-electron chi connectivity index (χ0n) is 15.1. The molecular formula is C19H25BrN4O. The van der Waals surface area contributed by atoms with Crippen molar-refractivity contribution in [2.24, 2.45) is 0 Å². The van der Waals surface area contributed by atoms with E-state index in [1.165, 1.54) is 18.4 Å². The second-order valence-electron chi connectivity index (χ2n) is 6.60. The molecule has 1 aliphatic rings. The summed E-state index contributed by atoms with van der Waals surface area (Å²) in [5.41, 5.74) is 2.22. The summed E-state index contributed by atoms with van der Waals surface area (Å²) < 4.78 is 6.61. The van der Waals surface area contributed by atoms with Crippen molar-refractivity contribution in [1.82, 2.24) is 14.9 Å². The van der Waals surface area contributed by atoms with E-state index in [4.69, 9.17) is 4.74 Å². The van der Waals surface area contributed by atoms with E-state index in [-0.39, 0.29) is 0 Å². The van der Waals surface area contributed by atoms with Crippen molar-refractivity contribution in [3.63, 3.8) is 0 Å². The number of hydrogen-bond acceptors (Lipinski definition) is 5. The highest BCUT2D eigenvalue weighted by Crippen LogP contribution is 2.26. The van der Waals surface area contributed by atoms with Gasteiger partial charge in [-0.25, -0.2) is 9.97 Å². The third-order valence-corrected chi connectivity index (χ3v) is 5.26. The number of nitrogens with zero attached hydrogens (tertiary/aromatic N) is 4. The molecule has 0 bridgehead atoms. The van der Waals surface area contributed by atoms with Gasteiger partial charge >= 0.3 is 0 Å². The van der Waals surface area contributed by atoms with Crippen LogP contribution in [0.15, 0.2) is 34.9 Å². The van der Waals surface area contributed by atoms with Gasteiger partial charge in [-0.3, -0.25) is 4.90 Å². The number of methoxy groups -OCH3 is 1. The minimum Gasteiger partial charge on any atom is -0.496 e. The molecule has 1 atom stereocenters. The highest BCUT2D eigenvalue weighted by atomic mass is 79.9. The van der Waals surface area contributed by atoms with Crippen LogP contribution in [0.4, 0.5) is 5.95 Å². The van der Waals surface area contributed by atoms with E-state index in [2.05, 4.69) is 48.8 Å². The second kappa shape index (κ2) is 8.15. The van der Waals surface area contributed by atoms with Crippen molar-refractivity contribution in [2.45, 2.75) is 32.4 Å². The predicted molar refractivity (Wildman–Crippen MR) is 104 cm³/mol. The third kappa shape index (κ3) is 4.50. The Hall–Kier alpha value is -1.66. The molecule has 25 heavy (non-hydrogen) atoms. The monoisotopic (exact) mass is 404 g/mol. The summed E-state index contributed by atoms with van der Waals surface area (Å²) in [5.74, 6) is 1.76. The number of anilines is 1. The minimum absolute atomic E-state index is 0.425. The molecule has 5 nitrogen and oxygen atoms in total. The molecule has 1 aromatic heterocycles. The van der Waals surface area contributed by atoms with Crippen molar-refractivity contribution >= 4 is 21.9 Å². The molecule has 0 radical (unpaired) electrons. The van der Waals surface area contributed by atoms with Crippen LogP contribution in [0.2, 0.25) is 0 Å². The lowest BCUT2D eigenvalue weighted by Crippen LogP contribution is -2.46. The normalized spacial score (nSPS) is 18.2. The fourth-order valence-corrected chi connectivity index (χ4v) is 3.78. The lowest BCUT2D eigenvalue weighted by Gasteiger charge is -2.37. The molecule has 0 spiro atoms. The van der Waals surface area contributed by atoms with Gasteiger partial charge in [0.25, 0.3) is 0 Å². The van der Waals surface area contributed by atoms with Crippen molar-refractivity contribution in [1.29, 1.82) is 0 Å². The first-order valence-corrected chi connectivity index (χ1v) is 9.43. The van der Waals surface area contributed by atoms with Gasteiger partial charge in [-0.1, -0.05) is 15.9 Å². The van der Waals surface area contributed by atoms with Gasteiger partial charge in [-0.15, -0.1) is 0 Å². The molecule has 0 saturated carbocycles. The highest BCUT2D eigenvalue weighted by Gasteiger charge is 2.25. The van der Waals surface area contributed by atoms with Crippen LogP contribution in [-0.4, -0.2) is 48.2 Å². The molecule has 0 aliphatic carbocycles. The van der Waals surface area contributed by atoms with Crippen molar-refractivity contribution < 1.29 is 4.74 Å². The zero-order chi connectivity index (χ0) is 17.8. The first-order chi connectivity index (χ1) is 12.1. The largest absolute Gasteiger partial charge is 0.496 e. The number of hydrogen-bond donors (Lipinski definition) is 0. The van der Waals surface area contributed by atoms with Gasteiger partial charge in [0, 0.05) is 48.1 Å². The maximum Gasteiger partial charge on any atom is 0.225 e. The molecule has 134 valence electrons. The molecule has 3 rings (SSSR count). The van der Waals surface area contributed by atoms with Crippen molar-refractivity contribution in [3.05, 3.63) is 46.2 Å². The van der Waals surface area contributed by atoms with Gasteiger partial charge in [0.1, 0.15) is 5.75 Å². The molecule has 2 heterocycles. The van der Waals surface area contributed by atoms with E-state index in [0.29, 0.717) is 6.04 Å². The van der Waals surface area contributed by atoms with Gasteiger partial charge in [0.15, 0.2) is 0 Å². The number of ether oxygens (including phenoxy) is 1. The van der Waals surface area contributed by atoms with Crippen molar-refractivity contribution in [2.75, 3.05) is 32.1 Å². The number of halogens is 1. The van der Waals surface area contributed by atoms with E-state index in [0.717, 1.165) is 41.5 Å². The maximum absolute atomic E-state index is 5.52. The Labute approximate surface area is 158 Å². The lowest BCUT2D eigenvalue weighted by atomic mass is 10.0. The lowest BCUT2D eigenvalue weighted by molar-refractivity contribution is 0.196. The molecule has 6 heteroatoms. The topological polar surface area (TPSA) is 41.5 Å². The van der Waals surface area contributed by atoms with Gasteiger partial charge in [-0.2, -0.15) is 0 Å². The summed E-state index contributed by atoms with van der Waals surface area (Å²) in [6.45, 7) is 5.01. The smallest absolute Gasteiger partial charge is 0.225 e. The summed E-state index contributed by atoms with van der Waals surface area (Å²) in [5, 5.41) is 0. The fourth-order valence-electron chi connectivity index (χ4n) is 3.37. The Balaban J connectivity index is 1.70. The van der Waals surface area contributed by atoms with E-state index in [1.54, 1.807) is 7.11 Å². The Morgan fingerprint density at radius 1 is 1.36 bits per heavy atom. The van der Waals surface area contributed by atoms with Gasteiger partial charge in [0.2, 0.25) is 5.95 Å². The van der Waals surface area contributed by atoms with Crippen LogP contribution in [0.3, 0.4) is 0 Å². The Morgan fingerprint density at radius 2 is 2.20 bits per heavy atom. The third-order valence-electron chi connectivity index (χ3n) is 4.76. The Bertz CT molecular complexity index is 724. The van der Waals surface area contributed by atoms with Crippen LogP contribution in [-0.2, 0) is 6.54 Å². The van der Waals surface area contributed by atoms with E-state index in [1.807, 2.05) is 31.3 Å². The molecule has 1 fully saturated rings. The molecule has 2 aromatic rings. The van der Waals surface area contributed by atoms with Gasteiger partial charge in [-0.05, 0) is 50.6 Å². The summed E-state index contributed by atoms with van der Waals surface area (Å²) >= 11 is 3.56. The average molecular weight is 405 g/mol. The summed E-state index contributed by atoms with van der Waals surface area (Å²) in [7, 11) is 3.83. The number of likely N-dealkylation sites (N-methyl/N-ethyl adjacent to an activating group) is 1. The molecule has 1 aliphatic heterocycles. The van der Waals surface area contributed by atoms with E-state index >= 15 is 0 Å². The number of rotatable bonds is 5. The Kier molecular flexibility index (Phi) is 5.91. The number of benzene rings is 1. The van der Waals surface area contributed by atoms with E-state index < -0.39 is 0 Å². The zero-order valence-corrected chi connectivity index (χ0v) is 16.7. The number of piperidine rings is 1. The number of aromatic nitrogens is 2. The molecule has 1 unspecified atom stereocenters. The highest BCUT2D eigenvalue weighted by molar-refractivity contribution is 9.10. The summed E-state index contributed by atoms with van der Waals surface area (Å²) in [6.07, 6.45) is 4.18. The average Bonchev–Trinajstić information content (AvgIpc) is 2.61. The second-order valence-corrected chi connectivity index (χ2v) is 7.51. The quantitative estimate of drug-likeness (QED) is 0.760. The predicted octanol–water partition coefficient (Wildman–Crippen LogP) is 3.66. The van der Waals surface area contributed by atoms with E-state index in [9.17, 15) is 0 Å². The van der Waals surface area contributed by atoms with Crippen LogP contribution in [0.5, 0.6) is 5.75 Å². The Morgan fingerprint density at radius 3 is 2.96 bits per heavy atom. The number of aryl methyl sites for hydroxylation is 1. The van der Waals surface area contributed by atoms with Crippen LogP contribution in [0, 0.1) is 6.92 Å². The SMILES string of the molecule is COc1ccc(Br)cc1CN1CCCC(N(C)c2nccc(C)n2)C1. The maximum atomic E-state index is 5.52.